The van der Waals surface area contributed by atoms with Gasteiger partial charge < -0.3 is 15.5 Å². The highest BCUT2D eigenvalue weighted by molar-refractivity contribution is 5.82. The topological polar surface area (TPSA) is 44.4 Å². The number of carbonyl (C=O) groups excluding carboxylic acids is 1. The van der Waals surface area contributed by atoms with Gasteiger partial charge in [-0.05, 0) is 51.5 Å². The van der Waals surface area contributed by atoms with Gasteiger partial charge in [-0.15, -0.1) is 0 Å². The van der Waals surface area contributed by atoms with Crippen molar-refractivity contribution in [2.24, 2.45) is 5.41 Å². The molecule has 1 amide bonds. The lowest BCUT2D eigenvalue weighted by Crippen LogP contribution is -2.48. The van der Waals surface area contributed by atoms with Crippen molar-refractivity contribution >= 4 is 5.91 Å². The molecule has 0 aromatic heterocycles. The van der Waals surface area contributed by atoms with Gasteiger partial charge in [-0.25, -0.2) is 0 Å². The van der Waals surface area contributed by atoms with Crippen LogP contribution in [0.2, 0.25) is 0 Å². The second-order valence-electron chi connectivity index (χ2n) is 6.53. The van der Waals surface area contributed by atoms with E-state index >= 15 is 0 Å². The molecule has 1 atom stereocenters. The molecule has 21 heavy (non-hydrogen) atoms. The predicted molar refractivity (Wildman–Crippen MR) is 85.9 cm³/mol. The quantitative estimate of drug-likeness (QED) is 0.868. The minimum Gasteiger partial charge on any atom is -0.352 e. The van der Waals surface area contributed by atoms with Crippen LogP contribution in [0.4, 0.5) is 0 Å². The van der Waals surface area contributed by atoms with Crippen LogP contribution in [0, 0.1) is 5.41 Å². The summed E-state index contributed by atoms with van der Waals surface area (Å²) in [7, 11) is 4.12. The van der Waals surface area contributed by atoms with Crippen LogP contribution in [0.15, 0.2) is 24.3 Å². The SMILES string of the molecule is CN(C)Cc1ccccc1CNC(=O)C1(C)CCCNC1. The molecule has 0 radical (unpaired) electrons. The van der Waals surface area contributed by atoms with Crippen LogP contribution in [-0.4, -0.2) is 38.0 Å². The summed E-state index contributed by atoms with van der Waals surface area (Å²) >= 11 is 0. The van der Waals surface area contributed by atoms with Gasteiger partial charge in [0.1, 0.15) is 0 Å². The van der Waals surface area contributed by atoms with E-state index in [4.69, 9.17) is 0 Å². The molecule has 2 N–H and O–H groups in total. The maximum absolute atomic E-state index is 12.5. The van der Waals surface area contributed by atoms with E-state index in [9.17, 15) is 4.79 Å². The summed E-state index contributed by atoms with van der Waals surface area (Å²) in [6.07, 6.45) is 2.03. The van der Waals surface area contributed by atoms with E-state index in [0.717, 1.165) is 32.5 Å². The fraction of sp³-hybridized carbons (Fsp3) is 0.588. The van der Waals surface area contributed by atoms with Crippen LogP contribution in [0.25, 0.3) is 0 Å². The van der Waals surface area contributed by atoms with Crippen LogP contribution in [0.5, 0.6) is 0 Å². The van der Waals surface area contributed by atoms with E-state index in [1.165, 1.54) is 11.1 Å². The maximum atomic E-state index is 12.5. The van der Waals surface area contributed by atoms with E-state index in [1.54, 1.807) is 0 Å². The van der Waals surface area contributed by atoms with E-state index in [2.05, 4.69) is 54.8 Å². The van der Waals surface area contributed by atoms with E-state index in [0.29, 0.717) is 6.54 Å². The van der Waals surface area contributed by atoms with Gasteiger partial charge in [0, 0.05) is 19.6 Å². The van der Waals surface area contributed by atoms with Crippen molar-refractivity contribution < 1.29 is 4.79 Å². The Morgan fingerprint density at radius 1 is 1.33 bits per heavy atom. The molecule has 2 rings (SSSR count). The van der Waals surface area contributed by atoms with Crippen LogP contribution in [0.3, 0.4) is 0 Å². The Balaban J connectivity index is 1.98. The van der Waals surface area contributed by atoms with Gasteiger partial charge in [-0.3, -0.25) is 4.79 Å². The van der Waals surface area contributed by atoms with Crippen molar-refractivity contribution in [3.8, 4) is 0 Å². The molecular formula is C17H27N3O. The Kier molecular flexibility index (Phi) is 5.37. The van der Waals surface area contributed by atoms with Gasteiger partial charge in [-0.1, -0.05) is 24.3 Å². The number of nitrogens with one attached hydrogen (secondary N) is 2. The molecule has 1 aliphatic heterocycles. The van der Waals surface area contributed by atoms with Crippen LogP contribution >= 0.6 is 0 Å². The molecule has 4 nitrogen and oxygen atoms in total. The van der Waals surface area contributed by atoms with Crippen molar-refractivity contribution in [3.63, 3.8) is 0 Å². The van der Waals surface area contributed by atoms with Gasteiger partial charge in [0.2, 0.25) is 5.91 Å². The van der Waals surface area contributed by atoms with Gasteiger partial charge in [0.05, 0.1) is 5.41 Å². The number of piperidine rings is 1. The van der Waals surface area contributed by atoms with E-state index in [-0.39, 0.29) is 11.3 Å². The zero-order valence-electron chi connectivity index (χ0n) is 13.4. The third-order valence-corrected chi connectivity index (χ3v) is 4.19. The molecule has 0 spiro atoms. The number of hydrogen-bond donors (Lipinski definition) is 2. The van der Waals surface area contributed by atoms with Crippen molar-refractivity contribution in [1.82, 2.24) is 15.5 Å². The number of rotatable bonds is 5. The zero-order chi connectivity index (χ0) is 15.3. The molecule has 0 saturated carbocycles. The first-order valence-electron chi connectivity index (χ1n) is 7.72. The Bertz CT molecular complexity index is 479. The van der Waals surface area contributed by atoms with E-state index < -0.39 is 0 Å². The fourth-order valence-corrected chi connectivity index (χ4v) is 2.86. The van der Waals surface area contributed by atoms with Crippen LogP contribution < -0.4 is 10.6 Å². The van der Waals surface area contributed by atoms with Gasteiger partial charge in [0.15, 0.2) is 0 Å². The molecule has 4 heteroatoms. The maximum Gasteiger partial charge on any atom is 0.227 e. The average molecular weight is 289 g/mol. The van der Waals surface area contributed by atoms with Gasteiger partial charge in [0.25, 0.3) is 0 Å². The summed E-state index contributed by atoms with van der Waals surface area (Å²) in [6, 6.07) is 8.31. The summed E-state index contributed by atoms with van der Waals surface area (Å²) in [4.78, 5) is 14.6. The molecule has 1 heterocycles. The molecular weight excluding hydrogens is 262 g/mol. The van der Waals surface area contributed by atoms with Crippen molar-refractivity contribution in [2.45, 2.75) is 32.9 Å². The average Bonchev–Trinajstić information content (AvgIpc) is 2.46. The number of benzene rings is 1. The summed E-state index contributed by atoms with van der Waals surface area (Å²) in [6.45, 7) is 5.36. The number of amides is 1. The third kappa shape index (κ3) is 4.29. The Labute approximate surface area is 127 Å². The third-order valence-electron chi connectivity index (χ3n) is 4.19. The second kappa shape index (κ2) is 7.05. The summed E-state index contributed by atoms with van der Waals surface area (Å²) in [5.41, 5.74) is 2.20. The molecule has 1 saturated heterocycles. The smallest absolute Gasteiger partial charge is 0.227 e. The minimum atomic E-state index is -0.269. The lowest BCUT2D eigenvalue weighted by Gasteiger charge is -2.32. The number of hydrogen-bond acceptors (Lipinski definition) is 3. The second-order valence-corrected chi connectivity index (χ2v) is 6.53. The first-order chi connectivity index (χ1) is 10.0. The first-order valence-corrected chi connectivity index (χ1v) is 7.72. The number of nitrogens with zero attached hydrogens (tertiary/aromatic N) is 1. The lowest BCUT2D eigenvalue weighted by atomic mass is 9.82. The molecule has 116 valence electrons. The molecule has 0 aliphatic carbocycles. The highest BCUT2D eigenvalue weighted by atomic mass is 16.2. The number of carbonyl (C=O) groups is 1. The summed E-state index contributed by atoms with van der Waals surface area (Å²) in [5, 5.41) is 6.45. The Morgan fingerprint density at radius 2 is 2.05 bits per heavy atom. The standard InChI is InChI=1S/C17H27N3O/c1-17(9-6-10-18-13-17)16(21)19-11-14-7-4-5-8-15(14)12-20(2)3/h4-5,7-8,18H,6,9-13H2,1-3H3,(H,19,21). The van der Waals surface area contributed by atoms with Crippen molar-refractivity contribution in [3.05, 3.63) is 35.4 Å². The van der Waals surface area contributed by atoms with Crippen LogP contribution in [0.1, 0.15) is 30.9 Å². The summed E-state index contributed by atoms with van der Waals surface area (Å²) < 4.78 is 0. The van der Waals surface area contributed by atoms with Crippen molar-refractivity contribution in [1.29, 1.82) is 0 Å². The van der Waals surface area contributed by atoms with Crippen molar-refractivity contribution in [2.75, 3.05) is 27.2 Å². The molecule has 1 unspecified atom stereocenters. The lowest BCUT2D eigenvalue weighted by molar-refractivity contribution is -0.131. The van der Waals surface area contributed by atoms with Crippen LogP contribution in [-0.2, 0) is 17.9 Å². The molecule has 1 fully saturated rings. The molecule has 1 aromatic rings. The highest BCUT2D eigenvalue weighted by Crippen LogP contribution is 2.25. The molecule has 1 aliphatic rings. The normalized spacial score (nSPS) is 22.3. The fourth-order valence-electron chi connectivity index (χ4n) is 2.86. The minimum absolute atomic E-state index is 0.161. The first kappa shape index (κ1) is 16.0. The Hall–Kier alpha value is -1.39. The molecule has 0 bridgehead atoms. The largest absolute Gasteiger partial charge is 0.352 e. The molecule has 1 aromatic carbocycles. The summed E-state index contributed by atoms with van der Waals surface area (Å²) in [5.74, 6) is 0.161. The Morgan fingerprint density at radius 3 is 2.67 bits per heavy atom. The van der Waals surface area contributed by atoms with E-state index in [1.807, 2.05) is 6.07 Å². The predicted octanol–water partition coefficient (Wildman–Crippen LogP) is 1.75. The monoisotopic (exact) mass is 289 g/mol. The zero-order valence-corrected chi connectivity index (χ0v) is 13.4. The highest BCUT2D eigenvalue weighted by Gasteiger charge is 2.34. The van der Waals surface area contributed by atoms with Gasteiger partial charge in [-0.2, -0.15) is 0 Å². The van der Waals surface area contributed by atoms with Gasteiger partial charge >= 0.3 is 0 Å².